The number of rotatable bonds is 4. The topological polar surface area (TPSA) is 26.3 Å². The van der Waals surface area contributed by atoms with Crippen molar-refractivity contribution in [2.24, 2.45) is 0 Å². The van der Waals surface area contributed by atoms with Crippen LogP contribution in [0.15, 0.2) is 30.3 Å². The van der Waals surface area contributed by atoms with Crippen molar-refractivity contribution in [3.8, 4) is 0 Å². The highest BCUT2D eigenvalue weighted by Gasteiger charge is 2.31. The Morgan fingerprint density at radius 2 is 2.00 bits per heavy atom. The molecule has 1 aromatic rings. The van der Waals surface area contributed by atoms with E-state index in [0.29, 0.717) is 5.56 Å². The summed E-state index contributed by atoms with van der Waals surface area (Å²) in [5, 5.41) is 0. The van der Waals surface area contributed by atoms with Crippen molar-refractivity contribution in [1.82, 2.24) is 0 Å². The average Bonchev–Trinajstić information content (AvgIpc) is 2.27. The normalized spacial score (nSPS) is 14.3. The average molecular weight is 210 g/mol. The van der Waals surface area contributed by atoms with Gasteiger partial charge in [0.05, 0.1) is 0 Å². The molecule has 1 atom stereocenters. The smallest absolute Gasteiger partial charge is 0.302 e. The van der Waals surface area contributed by atoms with E-state index in [4.69, 9.17) is 4.74 Å². The lowest BCUT2D eigenvalue weighted by molar-refractivity contribution is -0.145. The molecule has 0 heterocycles. The quantitative estimate of drug-likeness (QED) is 0.714. The largest absolute Gasteiger partial charge is 0.462 e. The third-order valence-electron chi connectivity index (χ3n) is 2.36. The van der Waals surface area contributed by atoms with Gasteiger partial charge >= 0.3 is 5.97 Å². The maximum Gasteiger partial charge on any atom is 0.302 e. The highest BCUT2D eigenvalue weighted by molar-refractivity contribution is 5.66. The van der Waals surface area contributed by atoms with Crippen molar-refractivity contribution in [1.29, 1.82) is 0 Å². The van der Waals surface area contributed by atoms with E-state index in [9.17, 15) is 9.18 Å². The zero-order chi connectivity index (χ0) is 11.3. The third-order valence-corrected chi connectivity index (χ3v) is 2.36. The van der Waals surface area contributed by atoms with Gasteiger partial charge in [-0.3, -0.25) is 4.79 Å². The number of ether oxygens (including phenoxy) is 1. The Balaban J connectivity index is 2.80. The van der Waals surface area contributed by atoms with E-state index >= 15 is 0 Å². The van der Waals surface area contributed by atoms with Crippen LogP contribution in [-0.2, 0) is 15.2 Å². The second-order valence-electron chi connectivity index (χ2n) is 3.47. The van der Waals surface area contributed by atoms with Gasteiger partial charge in [0.1, 0.15) is 6.61 Å². The zero-order valence-corrected chi connectivity index (χ0v) is 9.00. The minimum atomic E-state index is -1.58. The molecule has 3 heteroatoms. The molecule has 0 bridgehead atoms. The predicted molar refractivity (Wildman–Crippen MR) is 56.2 cm³/mol. The van der Waals surface area contributed by atoms with Crippen molar-refractivity contribution in [2.45, 2.75) is 25.9 Å². The molecule has 0 radical (unpaired) electrons. The fraction of sp³-hybridized carbons (Fsp3) is 0.417. The lowest BCUT2D eigenvalue weighted by atomic mass is 9.94. The third kappa shape index (κ3) is 3.05. The number of carbonyl (C=O) groups is 1. The van der Waals surface area contributed by atoms with E-state index in [0.717, 1.165) is 0 Å². The number of benzene rings is 1. The summed E-state index contributed by atoms with van der Waals surface area (Å²) in [6, 6.07) is 8.77. The molecule has 0 fully saturated rings. The van der Waals surface area contributed by atoms with Crippen LogP contribution in [0.5, 0.6) is 0 Å². The van der Waals surface area contributed by atoms with E-state index in [1.54, 1.807) is 31.2 Å². The molecule has 0 saturated carbocycles. The number of alkyl halides is 1. The van der Waals surface area contributed by atoms with Gasteiger partial charge in [0.25, 0.3) is 0 Å². The van der Waals surface area contributed by atoms with Gasteiger partial charge in [-0.15, -0.1) is 0 Å². The molecule has 0 aliphatic heterocycles. The lowest BCUT2D eigenvalue weighted by Crippen LogP contribution is -2.27. The monoisotopic (exact) mass is 210 g/mol. The van der Waals surface area contributed by atoms with Crippen LogP contribution in [0.25, 0.3) is 0 Å². The van der Waals surface area contributed by atoms with Crippen LogP contribution in [0.3, 0.4) is 0 Å². The fourth-order valence-electron chi connectivity index (χ4n) is 1.34. The van der Waals surface area contributed by atoms with Crippen molar-refractivity contribution in [3.05, 3.63) is 35.9 Å². The predicted octanol–water partition coefficient (Wildman–Crippen LogP) is 2.82. The molecular formula is C12H15FO2. The first-order valence-electron chi connectivity index (χ1n) is 4.96. The SMILES string of the molecule is CC[C@@](F)(COC(C)=O)c1ccccc1. The Kier molecular flexibility index (Phi) is 3.83. The summed E-state index contributed by atoms with van der Waals surface area (Å²) < 4.78 is 19.1. The molecule has 0 saturated heterocycles. The van der Waals surface area contributed by atoms with Crippen LogP contribution in [-0.4, -0.2) is 12.6 Å². The number of halogens is 1. The van der Waals surface area contributed by atoms with Crippen LogP contribution in [0, 0.1) is 0 Å². The molecular weight excluding hydrogens is 195 g/mol. The summed E-state index contributed by atoms with van der Waals surface area (Å²) in [4.78, 5) is 10.6. The Hall–Kier alpha value is -1.38. The second-order valence-corrected chi connectivity index (χ2v) is 3.47. The lowest BCUT2D eigenvalue weighted by Gasteiger charge is -2.23. The summed E-state index contributed by atoms with van der Waals surface area (Å²) in [5.74, 6) is -0.457. The minimum Gasteiger partial charge on any atom is -0.462 e. The molecule has 0 amide bonds. The van der Waals surface area contributed by atoms with Gasteiger partial charge in [-0.25, -0.2) is 4.39 Å². The number of hydrogen-bond donors (Lipinski definition) is 0. The molecule has 1 rings (SSSR count). The Morgan fingerprint density at radius 1 is 1.40 bits per heavy atom. The summed E-state index contributed by atoms with van der Waals surface area (Å²) in [6.07, 6.45) is 0.282. The van der Waals surface area contributed by atoms with Crippen LogP contribution in [0.4, 0.5) is 4.39 Å². The molecule has 2 nitrogen and oxygen atoms in total. The summed E-state index contributed by atoms with van der Waals surface area (Å²) in [5.41, 5.74) is -1.03. The van der Waals surface area contributed by atoms with Gasteiger partial charge in [0, 0.05) is 6.92 Å². The van der Waals surface area contributed by atoms with E-state index in [1.165, 1.54) is 6.92 Å². The van der Waals surface area contributed by atoms with Gasteiger partial charge < -0.3 is 4.74 Å². The van der Waals surface area contributed by atoms with E-state index < -0.39 is 11.6 Å². The molecule has 0 unspecified atom stereocenters. The molecule has 0 N–H and O–H groups in total. The number of hydrogen-bond acceptors (Lipinski definition) is 2. The zero-order valence-electron chi connectivity index (χ0n) is 9.00. The van der Waals surface area contributed by atoms with Gasteiger partial charge in [0.2, 0.25) is 0 Å². The van der Waals surface area contributed by atoms with Gasteiger partial charge in [-0.1, -0.05) is 37.3 Å². The summed E-state index contributed by atoms with van der Waals surface area (Å²) >= 11 is 0. The maximum atomic E-state index is 14.3. The minimum absolute atomic E-state index is 0.219. The van der Waals surface area contributed by atoms with Gasteiger partial charge in [-0.2, -0.15) is 0 Å². The number of esters is 1. The fourth-order valence-corrected chi connectivity index (χ4v) is 1.34. The molecule has 0 aliphatic carbocycles. The first kappa shape index (κ1) is 11.7. The van der Waals surface area contributed by atoms with Crippen molar-refractivity contribution < 1.29 is 13.9 Å². The second kappa shape index (κ2) is 4.91. The van der Waals surface area contributed by atoms with Crippen LogP contribution in [0.2, 0.25) is 0 Å². The van der Waals surface area contributed by atoms with E-state index in [2.05, 4.69) is 0 Å². The Morgan fingerprint density at radius 3 is 2.47 bits per heavy atom. The van der Waals surface area contributed by atoms with E-state index in [-0.39, 0.29) is 13.0 Å². The Labute approximate surface area is 89.1 Å². The van der Waals surface area contributed by atoms with Crippen LogP contribution < -0.4 is 0 Å². The van der Waals surface area contributed by atoms with Crippen molar-refractivity contribution in [2.75, 3.05) is 6.61 Å². The van der Waals surface area contributed by atoms with Gasteiger partial charge in [0.15, 0.2) is 5.67 Å². The molecule has 1 aromatic carbocycles. The highest BCUT2D eigenvalue weighted by Crippen LogP contribution is 2.29. The van der Waals surface area contributed by atoms with Crippen molar-refractivity contribution >= 4 is 5.97 Å². The van der Waals surface area contributed by atoms with Gasteiger partial charge in [-0.05, 0) is 12.0 Å². The molecule has 15 heavy (non-hydrogen) atoms. The summed E-state index contributed by atoms with van der Waals surface area (Å²) in [7, 11) is 0. The molecule has 0 aromatic heterocycles. The van der Waals surface area contributed by atoms with Crippen molar-refractivity contribution in [3.63, 3.8) is 0 Å². The summed E-state index contributed by atoms with van der Waals surface area (Å²) in [6.45, 7) is 2.79. The maximum absolute atomic E-state index is 14.3. The van der Waals surface area contributed by atoms with E-state index in [1.807, 2.05) is 6.07 Å². The first-order chi connectivity index (χ1) is 7.08. The molecule has 0 aliphatic rings. The number of carbonyl (C=O) groups excluding carboxylic acids is 1. The standard InChI is InChI=1S/C12H15FO2/c1-3-12(13,9-15-10(2)14)11-7-5-4-6-8-11/h4-8H,3,9H2,1-2H3/t12-/m1/s1. The van der Waals surface area contributed by atoms with Crippen LogP contribution >= 0.6 is 0 Å². The Bertz CT molecular complexity index is 324. The molecule has 82 valence electrons. The first-order valence-corrected chi connectivity index (χ1v) is 4.96. The van der Waals surface area contributed by atoms with Crippen LogP contribution in [0.1, 0.15) is 25.8 Å². The molecule has 0 spiro atoms. The highest BCUT2D eigenvalue weighted by atomic mass is 19.1.